The van der Waals surface area contributed by atoms with Crippen LogP contribution in [0.1, 0.15) is 73.4 Å². The normalized spacial score (nSPS) is 22.7. The Morgan fingerprint density at radius 1 is 0.912 bits per heavy atom. The highest BCUT2D eigenvalue weighted by Crippen LogP contribution is 2.53. The molecule has 1 aromatic heterocycles. The van der Waals surface area contributed by atoms with Gasteiger partial charge in [-0.1, -0.05) is 43.2 Å². The third kappa shape index (κ3) is 6.34. The number of alkyl halides is 2. The van der Waals surface area contributed by atoms with Crippen molar-refractivity contribution in [1.29, 1.82) is 0 Å². The van der Waals surface area contributed by atoms with Gasteiger partial charge in [-0.25, -0.2) is 9.78 Å². The van der Waals surface area contributed by atoms with Gasteiger partial charge in [0, 0.05) is 54.4 Å². The van der Waals surface area contributed by atoms with Gasteiger partial charge in [0.2, 0.25) is 5.91 Å². The van der Waals surface area contributed by atoms with Crippen LogP contribution in [0.2, 0.25) is 0 Å². The molecule has 0 bridgehead atoms. The summed E-state index contributed by atoms with van der Waals surface area (Å²) in [5.74, 6) is -3.16. The number of halogens is 2. The molecule has 2 N–H and O–H groups in total. The van der Waals surface area contributed by atoms with Crippen LogP contribution in [0.15, 0.2) is 65.8 Å². The number of benzene rings is 3. The van der Waals surface area contributed by atoms with E-state index >= 15 is 8.78 Å². The van der Waals surface area contributed by atoms with E-state index in [1.807, 2.05) is 30.3 Å². The van der Waals surface area contributed by atoms with Crippen LogP contribution in [-0.4, -0.2) is 90.5 Å². The molecule has 13 heteroatoms. The molecule has 57 heavy (non-hydrogen) atoms. The van der Waals surface area contributed by atoms with Crippen molar-refractivity contribution in [2.45, 2.75) is 81.1 Å². The minimum atomic E-state index is -3.18. The van der Waals surface area contributed by atoms with Gasteiger partial charge in [-0.3, -0.25) is 9.79 Å². The van der Waals surface area contributed by atoms with E-state index < -0.39 is 29.9 Å². The van der Waals surface area contributed by atoms with E-state index in [0.717, 1.165) is 46.9 Å². The standard InChI is InChI=1S/C44H45F2N5O6/c1-54-42(53)50-39(25-12-14-55-15-13-25)41(52)51-24-43(56-16-17-57-43)22-38(51)36-21-30-18-27(8-11-35(30)48-36)28-6-9-31-32-10-7-29(20-34(32)44(45,46)33(31)19-28)37-23-47-40(49-37)26-4-2-3-5-26/h6-11,18-20,23,25-26,38-39H,2-5,12-17,21-22,24H2,1H3,(H,47,49)(H,50,53)/t38-,39-/m0/s1. The third-order valence-electron chi connectivity index (χ3n) is 12.9. The predicted octanol–water partition coefficient (Wildman–Crippen LogP) is 7.65. The summed E-state index contributed by atoms with van der Waals surface area (Å²) in [5.41, 5.74) is 6.50. The minimum absolute atomic E-state index is 0.000616. The number of aromatic amines is 1. The number of methoxy groups -OCH3 is 1. The largest absolute Gasteiger partial charge is 0.453 e. The summed E-state index contributed by atoms with van der Waals surface area (Å²) >= 11 is 0. The number of hydrogen-bond donors (Lipinski definition) is 2. The van der Waals surface area contributed by atoms with Crippen LogP contribution in [0.5, 0.6) is 0 Å². The number of carbonyl (C=O) groups is 2. The average Bonchev–Trinajstić information content (AvgIpc) is 4.10. The first kappa shape index (κ1) is 36.4. The Bertz CT molecular complexity index is 2270. The number of amides is 2. The maximum atomic E-state index is 16.4. The van der Waals surface area contributed by atoms with Gasteiger partial charge in [-0.2, -0.15) is 8.78 Å². The van der Waals surface area contributed by atoms with Crippen molar-refractivity contribution in [3.05, 3.63) is 83.3 Å². The number of ether oxygens (including phenoxy) is 4. The highest BCUT2D eigenvalue weighted by Gasteiger charge is 2.54. The third-order valence-corrected chi connectivity index (χ3v) is 12.9. The number of imidazole rings is 1. The second kappa shape index (κ2) is 14.1. The lowest BCUT2D eigenvalue weighted by Crippen LogP contribution is -2.55. The van der Waals surface area contributed by atoms with Crippen molar-refractivity contribution in [3.8, 4) is 33.5 Å². The van der Waals surface area contributed by atoms with Crippen LogP contribution in [0, 0.1) is 5.92 Å². The Morgan fingerprint density at radius 2 is 1.60 bits per heavy atom. The van der Waals surface area contributed by atoms with E-state index in [1.165, 1.54) is 20.0 Å². The number of aromatic nitrogens is 2. The second-order valence-corrected chi connectivity index (χ2v) is 16.2. The lowest BCUT2D eigenvalue weighted by atomic mass is 9.90. The number of H-pyrrole nitrogens is 1. The molecule has 0 radical (unpaired) electrons. The van der Waals surface area contributed by atoms with Crippen LogP contribution < -0.4 is 5.32 Å². The first-order chi connectivity index (χ1) is 27.7. The van der Waals surface area contributed by atoms with Gasteiger partial charge in [0.25, 0.3) is 5.92 Å². The smallest absolute Gasteiger partial charge is 0.407 e. The summed E-state index contributed by atoms with van der Waals surface area (Å²) in [6, 6.07) is 15.2. The Morgan fingerprint density at radius 3 is 2.33 bits per heavy atom. The number of carbonyl (C=O) groups excluding carboxylic acids is 2. The fourth-order valence-electron chi connectivity index (χ4n) is 9.93. The predicted molar refractivity (Wildman–Crippen MR) is 208 cm³/mol. The second-order valence-electron chi connectivity index (χ2n) is 16.2. The van der Waals surface area contributed by atoms with Crippen LogP contribution in [-0.2, 0) is 36.1 Å². The zero-order chi connectivity index (χ0) is 38.9. The lowest BCUT2D eigenvalue weighted by Gasteiger charge is -2.34. The SMILES string of the molecule is COC(=O)N[C@H](C(=O)N1CC2(C[C@H]1C1=Nc3ccc(-c4ccc5c(c4)C(F)(F)c4cc(-c6cnc(C7CCCC7)[nH]6)ccc4-5)cc3C1)OCCO2)C1CCOCC1. The molecule has 2 amide bonds. The molecular weight excluding hydrogens is 733 g/mol. The Balaban J connectivity index is 0.901. The fourth-order valence-corrected chi connectivity index (χ4v) is 9.93. The number of aliphatic imine (C=N–C) groups is 1. The number of hydrogen-bond acceptors (Lipinski definition) is 8. The first-order valence-electron chi connectivity index (χ1n) is 20.1. The van der Waals surface area contributed by atoms with E-state index in [9.17, 15) is 9.59 Å². The summed E-state index contributed by atoms with van der Waals surface area (Å²) in [4.78, 5) is 41.7. The van der Waals surface area contributed by atoms with E-state index in [-0.39, 0.29) is 29.5 Å². The molecule has 4 aliphatic heterocycles. The molecule has 4 fully saturated rings. The molecule has 2 atom stereocenters. The quantitative estimate of drug-likeness (QED) is 0.198. The van der Waals surface area contributed by atoms with Gasteiger partial charge in [0.15, 0.2) is 5.79 Å². The van der Waals surface area contributed by atoms with Gasteiger partial charge in [0.1, 0.15) is 11.9 Å². The number of nitrogens with one attached hydrogen (secondary N) is 2. The molecule has 296 valence electrons. The van der Waals surface area contributed by atoms with Crippen LogP contribution >= 0.6 is 0 Å². The summed E-state index contributed by atoms with van der Waals surface area (Å²) in [6.07, 6.45) is 7.80. The van der Waals surface area contributed by atoms with Gasteiger partial charge < -0.3 is 34.1 Å². The van der Waals surface area contributed by atoms with E-state index in [4.69, 9.17) is 23.9 Å². The lowest BCUT2D eigenvalue weighted by molar-refractivity contribution is -0.154. The van der Waals surface area contributed by atoms with Crippen molar-refractivity contribution in [1.82, 2.24) is 20.2 Å². The van der Waals surface area contributed by atoms with E-state index in [1.54, 1.807) is 35.4 Å². The monoisotopic (exact) mass is 777 g/mol. The van der Waals surface area contributed by atoms with E-state index in [2.05, 4.69) is 15.3 Å². The molecular formula is C44H45F2N5O6. The van der Waals surface area contributed by atoms with Crippen molar-refractivity contribution in [3.63, 3.8) is 0 Å². The molecule has 11 nitrogen and oxygen atoms in total. The number of rotatable bonds is 7. The average molecular weight is 778 g/mol. The molecule has 10 rings (SSSR count). The number of alkyl carbamates (subject to hydrolysis) is 1. The fraction of sp³-hybridized carbons (Fsp3) is 0.455. The molecule has 3 aromatic carbocycles. The van der Waals surface area contributed by atoms with Gasteiger partial charge in [-0.05, 0) is 83.7 Å². The van der Waals surface area contributed by atoms with Gasteiger partial charge in [0.05, 0.1) is 50.5 Å². The highest BCUT2D eigenvalue weighted by molar-refractivity contribution is 6.01. The van der Waals surface area contributed by atoms with E-state index in [0.29, 0.717) is 80.3 Å². The number of likely N-dealkylation sites (tertiary alicyclic amines) is 1. The molecule has 1 spiro atoms. The molecule has 6 aliphatic rings. The van der Waals surface area contributed by atoms with Crippen molar-refractivity contribution in [2.75, 3.05) is 40.1 Å². The summed E-state index contributed by atoms with van der Waals surface area (Å²) in [6.45, 7) is 2.06. The maximum absolute atomic E-state index is 16.4. The van der Waals surface area contributed by atoms with Crippen molar-refractivity contribution >= 4 is 23.4 Å². The first-order valence-corrected chi connectivity index (χ1v) is 20.1. The zero-order valence-corrected chi connectivity index (χ0v) is 31.8. The zero-order valence-electron chi connectivity index (χ0n) is 31.8. The topological polar surface area (TPSA) is 127 Å². The van der Waals surface area contributed by atoms with Crippen LogP contribution in [0.4, 0.5) is 19.3 Å². The molecule has 5 heterocycles. The highest BCUT2D eigenvalue weighted by atomic mass is 19.3. The Labute approximate surface area is 329 Å². The molecule has 3 saturated heterocycles. The number of fused-ring (bicyclic) bond motifs is 4. The summed E-state index contributed by atoms with van der Waals surface area (Å²) < 4.78 is 55.4. The van der Waals surface area contributed by atoms with Crippen molar-refractivity contribution in [2.24, 2.45) is 10.9 Å². The molecule has 4 aromatic rings. The Hall–Kier alpha value is -4.98. The molecule has 0 unspecified atom stereocenters. The Kier molecular flexibility index (Phi) is 9.02. The van der Waals surface area contributed by atoms with Crippen molar-refractivity contribution < 1.29 is 37.3 Å². The maximum Gasteiger partial charge on any atom is 0.407 e. The van der Waals surface area contributed by atoms with Gasteiger partial charge in [-0.15, -0.1) is 0 Å². The summed E-state index contributed by atoms with van der Waals surface area (Å²) in [5, 5.41) is 2.81. The van der Waals surface area contributed by atoms with Crippen LogP contribution in [0.3, 0.4) is 0 Å². The molecule has 2 aliphatic carbocycles. The summed E-state index contributed by atoms with van der Waals surface area (Å²) in [7, 11) is 1.28. The molecule has 1 saturated carbocycles. The minimum Gasteiger partial charge on any atom is -0.453 e. The van der Waals surface area contributed by atoms with Gasteiger partial charge >= 0.3 is 6.09 Å². The number of nitrogens with zero attached hydrogens (tertiary/aromatic N) is 3. The van der Waals surface area contributed by atoms with Crippen LogP contribution in [0.25, 0.3) is 33.5 Å².